The maximum Gasteiger partial charge on any atom is 0.325 e. The van der Waals surface area contributed by atoms with Crippen molar-refractivity contribution in [2.75, 3.05) is 11.9 Å². The van der Waals surface area contributed by atoms with Crippen LogP contribution in [-0.4, -0.2) is 34.3 Å². The highest BCUT2D eigenvalue weighted by molar-refractivity contribution is 9.09. The molecule has 2 aliphatic rings. The van der Waals surface area contributed by atoms with Crippen LogP contribution in [0.1, 0.15) is 46.0 Å². The van der Waals surface area contributed by atoms with Gasteiger partial charge in [-0.1, -0.05) is 49.0 Å². The van der Waals surface area contributed by atoms with Gasteiger partial charge < -0.3 is 5.32 Å². The Bertz CT molecular complexity index is 362. The van der Waals surface area contributed by atoms with E-state index in [1.54, 1.807) is 0 Å². The van der Waals surface area contributed by atoms with E-state index < -0.39 is 5.54 Å². The predicted octanol–water partition coefficient (Wildman–Crippen LogP) is 2.66. The fourth-order valence-corrected chi connectivity index (χ4v) is 2.96. The van der Waals surface area contributed by atoms with Crippen LogP contribution in [0, 0.1) is 5.41 Å². The third-order valence-corrected chi connectivity index (χ3v) is 5.42. The number of carbonyl (C=O) groups is 2. The molecule has 2 fully saturated rings. The van der Waals surface area contributed by atoms with Gasteiger partial charge in [-0.15, -0.1) is 0 Å². The number of nitrogens with zero attached hydrogens (tertiary/aromatic N) is 1. The third-order valence-electron chi connectivity index (χ3n) is 3.90. The Morgan fingerprint density at radius 1 is 1.28 bits per heavy atom. The van der Waals surface area contributed by atoms with Crippen molar-refractivity contribution in [3.05, 3.63) is 0 Å². The van der Waals surface area contributed by atoms with Crippen LogP contribution < -0.4 is 5.32 Å². The number of nitrogens with one attached hydrogen (secondary N) is 1. The normalized spacial score (nSPS) is 23.6. The van der Waals surface area contributed by atoms with Gasteiger partial charge in [-0.25, -0.2) is 4.79 Å². The summed E-state index contributed by atoms with van der Waals surface area (Å²) in [4.78, 5) is 26.0. The van der Waals surface area contributed by atoms with Gasteiger partial charge in [0.1, 0.15) is 5.54 Å². The molecule has 0 atom stereocenters. The summed E-state index contributed by atoms with van der Waals surface area (Å²) < 4.78 is 0. The molecule has 1 aliphatic heterocycles. The maximum atomic E-state index is 12.5. The number of urea groups is 1. The molecule has 0 aromatic rings. The molecule has 3 amide bonds. The molecule has 0 aromatic heterocycles. The Hall–Kier alpha value is -0.580. The molecule has 0 radical (unpaired) electrons. The van der Waals surface area contributed by atoms with Crippen molar-refractivity contribution in [3.8, 4) is 0 Å². The molecule has 18 heavy (non-hydrogen) atoms. The van der Waals surface area contributed by atoms with Crippen LogP contribution >= 0.6 is 15.9 Å². The minimum Gasteiger partial charge on any atom is -0.323 e. The molecule has 2 rings (SSSR count). The van der Waals surface area contributed by atoms with Gasteiger partial charge in [0.2, 0.25) is 0 Å². The van der Waals surface area contributed by atoms with Gasteiger partial charge in [0.05, 0.1) is 0 Å². The van der Waals surface area contributed by atoms with Crippen molar-refractivity contribution < 1.29 is 9.59 Å². The quantitative estimate of drug-likeness (QED) is 0.643. The third kappa shape index (κ3) is 2.42. The van der Waals surface area contributed by atoms with Gasteiger partial charge in [-0.3, -0.25) is 9.69 Å². The van der Waals surface area contributed by atoms with Gasteiger partial charge in [-0.05, 0) is 18.3 Å². The highest BCUT2D eigenvalue weighted by Gasteiger charge is 2.51. The largest absolute Gasteiger partial charge is 0.325 e. The summed E-state index contributed by atoms with van der Waals surface area (Å²) in [6.07, 6.45) is 4.81. The monoisotopic (exact) mass is 316 g/mol. The fraction of sp³-hybridized carbons (Fsp3) is 0.846. The molecule has 1 heterocycles. The minimum atomic E-state index is -0.586. The Kier molecular flexibility index (Phi) is 3.72. The smallest absolute Gasteiger partial charge is 0.323 e. The predicted molar refractivity (Wildman–Crippen MR) is 73.6 cm³/mol. The number of alkyl halides is 1. The van der Waals surface area contributed by atoms with Crippen molar-refractivity contribution >= 4 is 27.9 Å². The maximum absolute atomic E-state index is 12.5. The summed E-state index contributed by atoms with van der Waals surface area (Å²) in [5, 5.41) is 3.71. The molecule has 1 saturated heterocycles. The van der Waals surface area contributed by atoms with Crippen LogP contribution in [0.5, 0.6) is 0 Å². The van der Waals surface area contributed by atoms with E-state index >= 15 is 0 Å². The summed E-state index contributed by atoms with van der Waals surface area (Å²) in [6.45, 7) is 4.58. The number of carbonyl (C=O) groups excluding carboxylic acids is 2. The average Bonchev–Trinajstić information content (AvgIpc) is 2.55. The first-order valence-corrected chi connectivity index (χ1v) is 7.72. The highest BCUT2D eigenvalue weighted by Crippen LogP contribution is 2.35. The zero-order valence-electron chi connectivity index (χ0n) is 11.1. The molecule has 1 saturated carbocycles. The summed E-state index contributed by atoms with van der Waals surface area (Å²) in [7, 11) is 0. The van der Waals surface area contributed by atoms with E-state index in [0.29, 0.717) is 6.54 Å². The summed E-state index contributed by atoms with van der Waals surface area (Å²) in [5.74, 6) is -0.0128. The van der Waals surface area contributed by atoms with Gasteiger partial charge in [0.25, 0.3) is 5.91 Å². The number of rotatable bonds is 3. The van der Waals surface area contributed by atoms with Crippen molar-refractivity contribution in [1.82, 2.24) is 10.2 Å². The number of amides is 3. The van der Waals surface area contributed by atoms with E-state index in [1.165, 1.54) is 4.90 Å². The molecular formula is C13H21BrN2O2. The molecule has 1 N–H and O–H groups in total. The molecule has 5 heteroatoms. The Morgan fingerprint density at radius 2 is 1.89 bits per heavy atom. The fourth-order valence-electron chi connectivity index (χ4n) is 2.78. The zero-order chi connectivity index (χ0) is 13.4. The molecule has 1 aliphatic carbocycles. The Labute approximate surface area is 117 Å². The SMILES string of the molecule is CC(C)(CBr)CN1C(=O)NC2(CCCCC2)C1=O. The van der Waals surface area contributed by atoms with Crippen molar-refractivity contribution in [2.24, 2.45) is 5.41 Å². The number of imide groups is 1. The van der Waals surface area contributed by atoms with Crippen LogP contribution in [0.25, 0.3) is 0 Å². The second kappa shape index (κ2) is 4.83. The topological polar surface area (TPSA) is 49.4 Å². The van der Waals surface area contributed by atoms with Crippen LogP contribution in [-0.2, 0) is 4.79 Å². The molecule has 102 valence electrons. The van der Waals surface area contributed by atoms with Gasteiger partial charge in [-0.2, -0.15) is 0 Å². The molecule has 0 unspecified atom stereocenters. The molecule has 1 spiro atoms. The van der Waals surface area contributed by atoms with Gasteiger partial charge in [0.15, 0.2) is 0 Å². The number of hydrogen-bond donors (Lipinski definition) is 1. The van der Waals surface area contributed by atoms with E-state index in [9.17, 15) is 9.59 Å². The standard InChI is InChI=1S/C13H21BrN2O2/c1-12(2,8-14)9-16-10(17)13(15-11(16)18)6-4-3-5-7-13/h3-9H2,1-2H3,(H,15,18). The highest BCUT2D eigenvalue weighted by atomic mass is 79.9. The first-order chi connectivity index (χ1) is 8.40. The lowest BCUT2D eigenvalue weighted by atomic mass is 9.81. The van der Waals surface area contributed by atoms with Gasteiger partial charge >= 0.3 is 6.03 Å². The molecule has 0 aromatic carbocycles. The van der Waals surface area contributed by atoms with Gasteiger partial charge in [0, 0.05) is 11.9 Å². The van der Waals surface area contributed by atoms with E-state index in [4.69, 9.17) is 0 Å². The average molecular weight is 317 g/mol. The molecular weight excluding hydrogens is 296 g/mol. The second-order valence-corrected chi connectivity index (χ2v) is 6.82. The van der Waals surface area contributed by atoms with Crippen molar-refractivity contribution in [1.29, 1.82) is 0 Å². The minimum absolute atomic E-state index is 0.0128. The second-order valence-electron chi connectivity index (χ2n) is 6.26. The van der Waals surface area contributed by atoms with Crippen LogP contribution in [0.4, 0.5) is 4.79 Å². The van der Waals surface area contributed by atoms with Crippen LogP contribution in [0.3, 0.4) is 0 Å². The lowest BCUT2D eigenvalue weighted by Gasteiger charge is -2.31. The first-order valence-electron chi connectivity index (χ1n) is 6.60. The van der Waals surface area contributed by atoms with E-state index in [-0.39, 0.29) is 17.4 Å². The zero-order valence-corrected chi connectivity index (χ0v) is 12.7. The lowest BCUT2D eigenvalue weighted by Crippen LogP contribution is -2.48. The molecule has 0 bridgehead atoms. The van der Waals surface area contributed by atoms with Crippen LogP contribution in [0.15, 0.2) is 0 Å². The lowest BCUT2D eigenvalue weighted by molar-refractivity contribution is -0.133. The Balaban J connectivity index is 2.14. The first kappa shape index (κ1) is 13.8. The summed E-state index contributed by atoms with van der Waals surface area (Å²) in [6, 6.07) is -0.212. The number of halogens is 1. The van der Waals surface area contributed by atoms with E-state index in [2.05, 4.69) is 21.2 Å². The van der Waals surface area contributed by atoms with E-state index in [1.807, 2.05) is 13.8 Å². The van der Waals surface area contributed by atoms with Crippen LogP contribution in [0.2, 0.25) is 0 Å². The number of hydrogen-bond acceptors (Lipinski definition) is 2. The van der Waals surface area contributed by atoms with Crippen molar-refractivity contribution in [2.45, 2.75) is 51.5 Å². The summed E-state index contributed by atoms with van der Waals surface area (Å²) >= 11 is 3.44. The summed E-state index contributed by atoms with van der Waals surface area (Å²) in [5.41, 5.74) is -0.676. The van der Waals surface area contributed by atoms with E-state index in [0.717, 1.165) is 37.4 Å². The van der Waals surface area contributed by atoms with Crippen molar-refractivity contribution in [3.63, 3.8) is 0 Å². The Morgan fingerprint density at radius 3 is 2.44 bits per heavy atom. The molecule has 4 nitrogen and oxygen atoms in total.